The van der Waals surface area contributed by atoms with Crippen LogP contribution in [0.5, 0.6) is 0 Å². The number of aliphatic hydroxyl groups excluding tert-OH is 1. The fourth-order valence-electron chi connectivity index (χ4n) is 2.08. The van der Waals surface area contributed by atoms with Crippen molar-refractivity contribution in [2.75, 3.05) is 0 Å². The van der Waals surface area contributed by atoms with Crippen LogP contribution in [0, 0.1) is 0 Å². The van der Waals surface area contributed by atoms with Gasteiger partial charge in [0.1, 0.15) is 12.1 Å². The first kappa shape index (κ1) is 13.8. The summed E-state index contributed by atoms with van der Waals surface area (Å²) in [6.07, 6.45) is 6.01. The van der Waals surface area contributed by atoms with Gasteiger partial charge in [-0.25, -0.2) is 4.98 Å². The van der Waals surface area contributed by atoms with E-state index < -0.39 is 5.78 Å². The van der Waals surface area contributed by atoms with E-state index in [0.717, 1.165) is 11.6 Å². The van der Waals surface area contributed by atoms with E-state index in [1.807, 2.05) is 41.1 Å². The first-order valence-corrected chi connectivity index (χ1v) is 6.73. The number of nitrogens with zero attached hydrogens (tertiary/aromatic N) is 3. The van der Waals surface area contributed by atoms with Crippen LogP contribution < -0.4 is 0 Å². The van der Waals surface area contributed by atoms with Gasteiger partial charge in [0.25, 0.3) is 0 Å². The highest BCUT2D eigenvalue weighted by Crippen LogP contribution is 2.14. The number of rotatable bonds is 5. The van der Waals surface area contributed by atoms with Gasteiger partial charge in [0, 0.05) is 30.6 Å². The Hall–Kier alpha value is -3.15. The van der Waals surface area contributed by atoms with Crippen molar-refractivity contribution in [3.63, 3.8) is 0 Å². The fourth-order valence-corrected chi connectivity index (χ4v) is 2.08. The molecule has 0 bridgehead atoms. The summed E-state index contributed by atoms with van der Waals surface area (Å²) >= 11 is 0. The predicted molar refractivity (Wildman–Crippen MR) is 81.3 cm³/mol. The minimum absolute atomic E-state index is 0.0928. The zero-order valence-electron chi connectivity index (χ0n) is 11.7. The number of nitrogens with one attached hydrogen (secondary N) is 1. The topological polar surface area (TPSA) is 83.8 Å². The summed E-state index contributed by atoms with van der Waals surface area (Å²) in [7, 11) is 0. The number of aliphatic hydroxyl groups is 1. The molecule has 0 aliphatic rings. The van der Waals surface area contributed by atoms with E-state index in [-0.39, 0.29) is 11.6 Å². The lowest BCUT2D eigenvalue weighted by Gasteiger charge is -2.02. The molecule has 0 aliphatic carbocycles. The summed E-state index contributed by atoms with van der Waals surface area (Å²) in [4.78, 5) is 15.6. The number of benzene rings is 1. The molecule has 0 spiro atoms. The van der Waals surface area contributed by atoms with E-state index in [1.54, 1.807) is 12.3 Å². The molecule has 0 fully saturated rings. The van der Waals surface area contributed by atoms with Gasteiger partial charge in [-0.1, -0.05) is 30.3 Å². The molecule has 1 aromatic carbocycles. The lowest BCUT2D eigenvalue weighted by molar-refractivity contribution is 0.103. The van der Waals surface area contributed by atoms with Crippen molar-refractivity contribution in [3.8, 4) is 0 Å². The molecule has 22 heavy (non-hydrogen) atoms. The van der Waals surface area contributed by atoms with Crippen molar-refractivity contribution >= 4 is 11.5 Å². The maximum absolute atomic E-state index is 11.8. The number of ketones is 1. The molecule has 2 N–H and O–H groups in total. The normalized spacial score (nSPS) is 11.5. The Labute approximate surface area is 126 Å². The van der Waals surface area contributed by atoms with Crippen molar-refractivity contribution in [1.82, 2.24) is 19.7 Å². The summed E-state index contributed by atoms with van der Waals surface area (Å²) in [5.74, 6) is -0.436. The first-order chi connectivity index (χ1) is 10.7. The third-order valence-electron chi connectivity index (χ3n) is 3.17. The van der Waals surface area contributed by atoms with Crippen LogP contribution in [-0.2, 0) is 6.54 Å². The Morgan fingerprint density at radius 3 is 2.82 bits per heavy atom. The second-order valence-corrected chi connectivity index (χ2v) is 4.79. The van der Waals surface area contributed by atoms with E-state index in [1.165, 1.54) is 6.33 Å². The molecule has 0 amide bonds. The summed E-state index contributed by atoms with van der Waals surface area (Å²) in [5.41, 5.74) is 1.73. The van der Waals surface area contributed by atoms with Crippen LogP contribution in [0.25, 0.3) is 5.76 Å². The maximum atomic E-state index is 11.8. The number of hydrogen-bond acceptors (Lipinski definition) is 4. The summed E-state index contributed by atoms with van der Waals surface area (Å²) in [5, 5.41) is 16.1. The molecule has 3 rings (SSSR count). The Balaban J connectivity index is 1.74. The van der Waals surface area contributed by atoms with Crippen LogP contribution in [0.2, 0.25) is 0 Å². The van der Waals surface area contributed by atoms with Gasteiger partial charge < -0.3 is 9.67 Å². The fraction of sp³-hybridized carbons (Fsp3) is 0.0625. The number of aromatic nitrogens is 4. The monoisotopic (exact) mass is 294 g/mol. The summed E-state index contributed by atoms with van der Waals surface area (Å²) in [6, 6.07) is 11.7. The molecule has 110 valence electrons. The molecular weight excluding hydrogens is 280 g/mol. The lowest BCUT2D eigenvalue weighted by atomic mass is 10.2. The van der Waals surface area contributed by atoms with E-state index >= 15 is 0 Å². The number of carbonyl (C=O) groups is 1. The third kappa shape index (κ3) is 3.12. The predicted octanol–water partition coefficient (Wildman–Crippen LogP) is 2.44. The molecule has 0 saturated heterocycles. The van der Waals surface area contributed by atoms with Crippen LogP contribution in [0.15, 0.2) is 61.2 Å². The van der Waals surface area contributed by atoms with E-state index in [0.29, 0.717) is 12.1 Å². The van der Waals surface area contributed by atoms with Crippen LogP contribution in [-0.4, -0.2) is 30.6 Å². The highest BCUT2D eigenvalue weighted by Gasteiger charge is 2.09. The number of allylic oxidation sites excluding steroid dienone is 1. The lowest BCUT2D eigenvalue weighted by Crippen LogP contribution is -1.99. The summed E-state index contributed by atoms with van der Waals surface area (Å²) in [6.45, 7) is 0.699. The minimum atomic E-state index is -0.425. The quantitative estimate of drug-likeness (QED) is 0.430. The highest BCUT2D eigenvalue weighted by molar-refractivity contribution is 6.05. The molecule has 3 aromatic rings. The zero-order valence-corrected chi connectivity index (χ0v) is 11.7. The molecule has 6 heteroatoms. The van der Waals surface area contributed by atoms with Crippen molar-refractivity contribution in [3.05, 3.63) is 78.1 Å². The molecule has 2 heterocycles. The minimum Gasteiger partial charge on any atom is -0.507 e. The SMILES string of the molecule is O=C(/C=C(\O)c1ccn(Cc2ccccc2)c1)c1ncn[nH]1. The van der Waals surface area contributed by atoms with Crippen molar-refractivity contribution in [2.45, 2.75) is 6.54 Å². The van der Waals surface area contributed by atoms with Crippen LogP contribution in [0.1, 0.15) is 21.7 Å². The van der Waals surface area contributed by atoms with Crippen molar-refractivity contribution in [2.24, 2.45) is 0 Å². The summed E-state index contributed by atoms with van der Waals surface area (Å²) < 4.78 is 1.94. The van der Waals surface area contributed by atoms with E-state index in [2.05, 4.69) is 15.2 Å². The van der Waals surface area contributed by atoms with Crippen LogP contribution in [0.3, 0.4) is 0 Å². The van der Waals surface area contributed by atoms with Crippen LogP contribution in [0.4, 0.5) is 0 Å². The van der Waals surface area contributed by atoms with Crippen molar-refractivity contribution in [1.29, 1.82) is 0 Å². The number of hydrogen-bond donors (Lipinski definition) is 2. The molecule has 0 radical (unpaired) electrons. The largest absolute Gasteiger partial charge is 0.507 e. The molecule has 0 atom stereocenters. The van der Waals surface area contributed by atoms with Gasteiger partial charge in [-0.05, 0) is 11.6 Å². The zero-order chi connectivity index (χ0) is 15.4. The Morgan fingerprint density at radius 1 is 1.27 bits per heavy atom. The second-order valence-electron chi connectivity index (χ2n) is 4.79. The van der Waals surface area contributed by atoms with Gasteiger partial charge in [0.05, 0.1) is 0 Å². The highest BCUT2D eigenvalue weighted by atomic mass is 16.3. The van der Waals surface area contributed by atoms with Crippen LogP contribution >= 0.6 is 0 Å². The van der Waals surface area contributed by atoms with E-state index in [4.69, 9.17) is 0 Å². The molecule has 2 aromatic heterocycles. The maximum Gasteiger partial charge on any atom is 0.226 e. The van der Waals surface area contributed by atoms with Gasteiger partial charge in [-0.3, -0.25) is 9.89 Å². The Bertz CT molecular complexity index is 789. The molecular formula is C16H14N4O2. The van der Waals surface area contributed by atoms with Gasteiger partial charge >= 0.3 is 0 Å². The number of carbonyl (C=O) groups excluding carboxylic acids is 1. The van der Waals surface area contributed by atoms with Gasteiger partial charge in [0.15, 0.2) is 5.82 Å². The molecule has 0 aliphatic heterocycles. The Morgan fingerprint density at radius 2 is 2.09 bits per heavy atom. The van der Waals surface area contributed by atoms with Gasteiger partial charge in [-0.15, -0.1) is 0 Å². The average Bonchev–Trinajstić information content (AvgIpc) is 3.19. The molecule has 0 unspecified atom stereocenters. The average molecular weight is 294 g/mol. The molecule has 0 saturated carbocycles. The van der Waals surface area contributed by atoms with Gasteiger partial charge in [-0.2, -0.15) is 5.10 Å². The first-order valence-electron chi connectivity index (χ1n) is 6.73. The smallest absolute Gasteiger partial charge is 0.226 e. The Kier molecular flexibility index (Phi) is 3.82. The standard InChI is InChI=1S/C16H14N4O2/c21-14(8-15(22)16-17-11-18-19-16)13-6-7-20(10-13)9-12-4-2-1-3-5-12/h1-8,10-11,21H,9H2,(H,17,18,19)/b14-8-. The number of aromatic amines is 1. The third-order valence-corrected chi connectivity index (χ3v) is 3.17. The number of H-pyrrole nitrogens is 1. The van der Waals surface area contributed by atoms with Crippen molar-refractivity contribution < 1.29 is 9.90 Å². The molecule has 6 nitrogen and oxygen atoms in total. The van der Waals surface area contributed by atoms with Gasteiger partial charge in [0.2, 0.25) is 5.78 Å². The van der Waals surface area contributed by atoms with E-state index in [9.17, 15) is 9.90 Å². The second kappa shape index (κ2) is 6.09.